The molecule has 0 aromatic heterocycles. The third kappa shape index (κ3) is 3.18. The van der Waals surface area contributed by atoms with Gasteiger partial charge in [0.15, 0.2) is 5.78 Å². The van der Waals surface area contributed by atoms with E-state index in [0.717, 1.165) is 12.0 Å². The van der Waals surface area contributed by atoms with E-state index in [2.05, 4.69) is 4.74 Å². The quantitative estimate of drug-likeness (QED) is 0.529. The summed E-state index contributed by atoms with van der Waals surface area (Å²) in [5, 5.41) is 0. The number of allylic oxidation sites excluding steroid dienone is 2. The van der Waals surface area contributed by atoms with E-state index in [-0.39, 0.29) is 17.7 Å². The van der Waals surface area contributed by atoms with Gasteiger partial charge in [0.05, 0.1) is 13.5 Å². The van der Waals surface area contributed by atoms with Gasteiger partial charge in [-0.25, -0.2) is 0 Å². The molecule has 3 heteroatoms. The van der Waals surface area contributed by atoms with Crippen LogP contribution >= 0.6 is 0 Å². The Morgan fingerprint density at radius 2 is 2.27 bits per heavy atom. The van der Waals surface area contributed by atoms with Crippen LogP contribution in [0.4, 0.5) is 0 Å². The predicted octanol–water partition coefficient (Wildman–Crippen LogP) is 2.11. The molecular formula is C12H18O3. The van der Waals surface area contributed by atoms with Crippen molar-refractivity contribution in [3.8, 4) is 0 Å². The lowest BCUT2D eigenvalue weighted by molar-refractivity contribution is -0.141. The van der Waals surface area contributed by atoms with E-state index in [1.54, 1.807) is 0 Å². The number of ether oxygens (including phenoxy) is 1. The summed E-state index contributed by atoms with van der Waals surface area (Å²) in [6.45, 7) is 4.07. The van der Waals surface area contributed by atoms with Crippen LogP contribution in [0.25, 0.3) is 0 Å². The highest BCUT2D eigenvalue weighted by Gasteiger charge is 2.30. The number of Topliss-reactive ketones (excluding diaryl/α,β-unsaturated/α-hetero) is 1. The lowest BCUT2D eigenvalue weighted by atomic mass is 9.96. The van der Waals surface area contributed by atoms with Crippen molar-refractivity contribution in [1.29, 1.82) is 0 Å². The van der Waals surface area contributed by atoms with E-state index < -0.39 is 0 Å². The second-order valence-corrected chi connectivity index (χ2v) is 4.31. The molecule has 0 aliphatic heterocycles. The molecule has 1 aliphatic rings. The van der Waals surface area contributed by atoms with E-state index >= 15 is 0 Å². The van der Waals surface area contributed by atoms with Gasteiger partial charge in [0.2, 0.25) is 0 Å². The number of hydrogen-bond donors (Lipinski definition) is 0. The van der Waals surface area contributed by atoms with Gasteiger partial charge in [-0.1, -0.05) is 19.9 Å². The van der Waals surface area contributed by atoms with Crippen molar-refractivity contribution in [2.24, 2.45) is 11.8 Å². The monoisotopic (exact) mass is 210 g/mol. The zero-order chi connectivity index (χ0) is 11.4. The first-order valence-electron chi connectivity index (χ1n) is 5.36. The fraction of sp³-hybridized carbons (Fsp3) is 0.667. The van der Waals surface area contributed by atoms with Crippen LogP contribution in [0.15, 0.2) is 11.6 Å². The number of carbonyl (C=O) groups excluding carboxylic acids is 2. The number of rotatable bonds is 3. The first-order valence-corrected chi connectivity index (χ1v) is 5.36. The predicted molar refractivity (Wildman–Crippen MR) is 57.3 cm³/mol. The van der Waals surface area contributed by atoms with Crippen molar-refractivity contribution in [3.05, 3.63) is 11.6 Å². The smallest absolute Gasteiger partial charge is 0.306 e. The van der Waals surface area contributed by atoms with Crippen molar-refractivity contribution in [3.63, 3.8) is 0 Å². The van der Waals surface area contributed by atoms with Gasteiger partial charge in [-0.2, -0.15) is 0 Å². The molecule has 1 rings (SSSR count). The van der Waals surface area contributed by atoms with E-state index in [0.29, 0.717) is 18.8 Å². The van der Waals surface area contributed by atoms with Crippen molar-refractivity contribution in [1.82, 2.24) is 0 Å². The van der Waals surface area contributed by atoms with Gasteiger partial charge in [-0.05, 0) is 23.8 Å². The summed E-state index contributed by atoms with van der Waals surface area (Å²) in [4.78, 5) is 22.7. The van der Waals surface area contributed by atoms with Crippen molar-refractivity contribution < 1.29 is 14.3 Å². The number of methoxy groups -OCH3 is 1. The second kappa shape index (κ2) is 5.10. The highest BCUT2D eigenvalue weighted by Crippen LogP contribution is 2.31. The number of esters is 1. The van der Waals surface area contributed by atoms with Crippen molar-refractivity contribution in [2.45, 2.75) is 33.1 Å². The molecule has 0 bridgehead atoms. The fourth-order valence-electron chi connectivity index (χ4n) is 1.92. The van der Waals surface area contributed by atoms with Crippen LogP contribution in [-0.4, -0.2) is 18.9 Å². The zero-order valence-electron chi connectivity index (χ0n) is 9.58. The van der Waals surface area contributed by atoms with Gasteiger partial charge in [0.25, 0.3) is 0 Å². The Morgan fingerprint density at radius 1 is 1.60 bits per heavy atom. The third-order valence-corrected chi connectivity index (χ3v) is 2.64. The molecule has 1 atom stereocenters. The molecule has 1 saturated carbocycles. The number of hydrogen-bond acceptors (Lipinski definition) is 3. The minimum absolute atomic E-state index is 0.0762. The van der Waals surface area contributed by atoms with Gasteiger partial charge in [-0.15, -0.1) is 0 Å². The normalized spacial score (nSPS) is 23.9. The van der Waals surface area contributed by atoms with Crippen LogP contribution in [0, 0.1) is 11.8 Å². The largest absolute Gasteiger partial charge is 0.469 e. The maximum atomic E-state index is 11.6. The third-order valence-electron chi connectivity index (χ3n) is 2.64. The van der Waals surface area contributed by atoms with E-state index in [9.17, 15) is 9.59 Å². The summed E-state index contributed by atoms with van der Waals surface area (Å²) in [5.41, 5.74) is 0.829. The van der Waals surface area contributed by atoms with Crippen LogP contribution in [0.2, 0.25) is 0 Å². The van der Waals surface area contributed by atoms with Crippen LogP contribution in [0.3, 0.4) is 0 Å². The molecule has 15 heavy (non-hydrogen) atoms. The topological polar surface area (TPSA) is 43.4 Å². The first-order chi connectivity index (χ1) is 7.04. The van der Waals surface area contributed by atoms with Crippen LogP contribution in [0.1, 0.15) is 33.1 Å². The molecule has 1 aliphatic carbocycles. The lowest BCUT2D eigenvalue weighted by Crippen LogP contribution is -2.10. The average Bonchev–Trinajstić information content (AvgIpc) is 2.49. The molecule has 1 unspecified atom stereocenters. The standard InChI is InChI=1S/C12H18O3/c1-8(2)6-10-9(4-5-11(10)13)7-12(14)15-3/h6,8-9H,4-5,7H2,1-3H3/b10-6-. The van der Waals surface area contributed by atoms with Gasteiger partial charge in [-0.3, -0.25) is 9.59 Å². The average molecular weight is 210 g/mol. The first kappa shape index (κ1) is 12.0. The Morgan fingerprint density at radius 3 is 2.80 bits per heavy atom. The Kier molecular flexibility index (Phi) is 4.06. The van der Waals surface area contributed by atoms with Gasteiger partial charge >= 0.3 is 5.97 Å². The fourth-order valence-corrected chi connectivity index (χ4v) is 1.92. The van der Waals surface area contributed by atoms with Crippen LogP contribution in [-0.2, 0) is 14.3 Å². The van der Waals surface area contributed by atoms with Crippen molar-refractivity contribution in [2.75, 3.05) is 7.11 Å². The molecular weight excluding hydrogens is 192 g/mol. The molecule has 1 fully saturated rings. The summed E-state index contributed by atoms with van der Waals surface area (Å²) in [7, 11) is 1.38. The Bertz CT molecular complexity index is 289. The van der Waals surface area contributed by atoms with E-state index in [1.807, 2.05) is 19.9 Å². The molecule has 0 aromatic rings. The summed E-state index contributed by atoms with van der Waals surface area (Å²) in [6.07, 6.45) is 3.66. The molecule has 0 aromatic carbocycles. The minimum Gasteiger partial charge on any atom is -0.469 e. The molecule has 0 heterocycles. The van der Waals surface area contributed by atoms with Crippen LogP contribution in [0.5, 0.6) is 0 Å². The molecule has 0 N–H and O–H groups in total. The summed E-state index contributed by atoms with van der Waals surface area (Å²) >= 11 is 0. The van der Waals surface area contributed by atoms with Crippen LogP contribution < -0.4 is 0 Å². The maximum absolute atomic E-state index is 11.6. The number of ketones is 1. The second-order valence-electron chi connectivity index (χ2n) is 4.31. The Balaban J connectivity index is 2.72. The molecule has 84 valence electrons. The lowest BCUT2D eigenvalue weighted by Gasteiger charge is -2.10. The highest BCUT2D eigenvalue weighted by atomic mass is 16.5. The molecule has 3 nitrogen and oxygen atoms in total. The molecule has 0 spiro atoms. The van der Waals surface area contributed by atoms with Gasteiger partial charge < -0.3 is 4.74 Å². The SMILES string of the molecule is COC(=O)CC1CCC(=O)/C1=C\C(C)C. The van der Waals surface area contributed by atoms with Crippen molar-refractivity contribution >= 4 is 11.8 Å². The highest BCUT2D eigenvalue weighted by molar-refractivity contribution is 5.98. The Hall–Kier alpha value is -1.12. The van der Waals surface area contributed by atoms with E-state index in [4.69, 9.17) is 0 Å². The Labute approximate surface area is 90.5 Å². The van der Waals surface area contributed by atoms with Gasteiger partial charge in [0, 0.05) is 6.42 Å². The van der Waals surface area contributed by atoms with E-state index in [1.165, 1.54) is 7.11 Å². The summed E-state index contributed by atoms with van der Waals surface area (Å²) in [5.74, 6) is 0.386. The maximum Gasteiger partial charge on any atom is 0.306 e. The minimum atomic E-state index is -0.232. The van der Waals surface area contributed by atoms with Gasteiger partial charge in [0.1, 0.15) is 0 Å². The molecule has 0 radical (unpaired) electrons. The summed E-state index contributed by atoms with van der Waals surface area (Å²) in [6, 6.07) is 0. The number of carbonyl (C=O) groups is 2. The zero-order valence-corrected chi connectivity index (χ0v) is 9.58. The molecule has 0 saturated heterocycles. The molecule has 0 amide bonds. The summed E-state index contributed by atoms with van der Waals surface area (Å²) < 4.78 is 4.62.